The maximum absolute atomic E-state index is 12.7. The number of anilines is 1. The largest absolute Gasteiger partial charge is 0.489 e. The Labute approximate surface area is 229 Å². The van der Waals surface area contributed by atoms with Gasteiger partial charge in [0, 0.05) is 22.8 Å². The third kappa shape index (κ3) is 7.92. The first-order valence-corrected chi connectivity index (χ1v) is 12.1. The molecule has 0 aliphatic rings. The highest BCUT2D eigenvalue weighted by molar-refractivity contribution is 6.30. The Morgan fingerprint density at radius 2 is 1.36 bits per heavy atom. The molecule has 0 unspecified atom stereocenters. The summed E-state index contributed by atoms with van der Waals surface area (Å²) in [5.74, 6) is 0.674. The molecule has 0 atom stereocenters. The van der Waals surface area contributed by atoms with Crippen LogP contribution in [0.2, 0.25) is 5.02 Å². The molecule has 4 aromatic carbocycles. The van der Waals surface area contributed by atoms with Crippen LogP contribution in [-0.4, -0.2) is 10.8 Å². The summed E-state index contributed by atoms with van der Waals surface area (Å²) in [7, 11) is 0. The first-order chi connectivity index (χ1) is 18.9. The van der Waals surface area contributed by atoms with Gasteiger partial charge >= 0.3 is 0 Å². The second-order valence-corrected chi connectivity index (χ2v) is 8.78. The number of ether oxygens (including phenoxy) is 2. The van der Waals surface area contributed by atoms with E-state index in [0.29, 0.717) is 34.4 Å². The molecule has 9 heteroatoms. The quantitative estimate of drug-likeness (QED) is 0.101. The van der Waals surface area contributed by atoms with E-state index in [2.05, 4.69) is 5.32 Å². The average molecular weight is 540 g/mol. The van der Waals surface area contributed by atoms with Gasteiger partial charge < -0.3 is 14.8 Å². The van der Waals surface area contributed by atoms with E-state index >= 15 is 0 Å². The van der Waals surface area contributed by atoms with Crippen LogP contribution in [0, 0.1) is 21.4 Å². The topological polar surface area (TPSA) is 114 Å². The Kier molecular flexibility index (Phi) is 8.91. The molecule has 4 aromatic rings. The smallest absolute Gasteiger partial charge is 0.269 e. The van der Waals surface area contributed by atoms with Gasteiger partial charge in [-0.1, -0.05) is 35.9 Å². The number of rotatable bonds is 10. The molecule has 0 saturated heterocycles. The monoisotopic (exact) mass is 539 g/mol. The van der Waals surface area contributed by atoms with Crippen LogP contribution in [0.4, 0.5) is 11.4 Å². The molecule has 1 N–H and O–H groups in total. The van der Waals surface area contributed by atoms with Crippen molar-refractivity contribution in [3.05, 3.63) is 134 Å². The number of hydrogen-bond donors (Lipinski definition) is 1. The Balaban J connectivity index is 1.30. The van der Waals surface area contributed by atoms with Gasteiger partial charge in [-0.05, 0) is 83.4 Å². The van der Waals surface area contributed by atoms with Crippen molar-refractivity contribution in [2.45, 2.75) is 13.2 Å². The summed E-state index contributed by atoms with van der Waals surface area (Å²) in [5.41, 5.74) is 2.89. The molecule has 0 spiro atoms. The van der Waals surface area contributed by atoms with Gasteiger partial charge in [0.1, 0.15) is 36.4 Å². The molecule has 0 aliphatic carbocycles. The van der Waals surface area contributed by atoms with Crippen LogP contribution in [0.15, 0.2) is 103 Å². The summed E-state index contributed by atoms with van der Waals surface area (Å²) in [6.45, 7) is 0.620. The number of nitrogens with zero attached hydrogens (tertiary/aromatic N) is 2. The van der Waals surface area contributed by atoms with Crippen molar-refractivity contribution in [1.29, 1.82) is 5.26 Å². The van der Waals surface area contributed by atoms with Gasteiger partial charge in [0.05, 0.1) is 4.92 Å². The predicted octanol–water partition coefficient (Wildman–Crippen LogP) is 6.95. The zero-order valence-corrected chi connectivity index (χ0v) is 21.3. The van der Waals surface area contributed by atoms with Crippen LogP contribution in [-0.2, 0) is 18.0 Å². The van der Waals surface area contributed by atoms with Crippen molar-refractivity contribution in [3.8, 4) is 17.6 Å². The summed E-state index contributed by atoms with van der Waals surface area (Å²) in [6.07, 6.45) is 1.49. The zero-order valence-electron chi connectivity index (χ0n) is 20.5. The number of amides is 1. The molecule has 8 nitrogen and oxygen atoms in total. The number of carbonyl (C=O) groups is 1. The molecule has 0 saturated carbocycles. The van der Waals surface area contributed by atoms with Crippen LogP contribution in [0.1, 0.15) is 16.7 Å². The Morgan fingerprint density at radius 3 is 1.87 bits per heavy atom. The summed E-state index contributed by atoms with van der Waals surface area (Å²) < 4.78 is 11.5. The molecular formula is C30H22ClN3O5. The minimum atomic E-state index is -0.536. The molecule has 194 valence electrons. The molecule has 39 heavy (non-hydrogen) atoms. The van der Waals surface area contributed by atoms with Crippen molar-refractivity contribution < 1.29 is 19.2 Å². The number of non-ortho nitro benzene ring substituents is 1. The van der Waals surface area contributed by atoms with Crippen molar-refractivity contribution >= 4 is 35.0 Å². The lowest BCUT2D eigenvalue weighted by atomic mass is 10.1. The summed E-state index contributed by atoms with van der Waals surface area (Å²) in [6, 6.07) is 29.1. The van der Waals surface area contributed by atoms with Crippen molar-refractivity contribution in [1.82, 2.24) is 0 Å². The Bertz CT molecular complexity index is 1510. The van der Waals surface area contributed by atoms with E-state index in [0.717, 1.165) is 11.1 Å². The fourth-order valence-electron chi connectivity index (χ4n) is 3.44. The van der Waals surface area contributed by atoms with Crippen LogP contribution in [0.5, 0.6) is 11.5 Å². The highest BCUT2D eigenvalue weighted by atomic mass is 35.5. The van der Waals surface area contributed by atoms with Gasteiger partial charge in [0.25, 0.3) is 11.6 Å². The number of nitro benzene ring substituents is 1. The molecular weight excluding hydrogens is 518 g/mol. The summed E-state index contributed by atoms with van der Waals surface area (Å²) in [5, 5.41) is 23.6. The fraction of sp³-hybridized carbons (Fsp3) is 0.0667. The van der Waals surface area contributed by atoms with E-state index in [1.54, 1.807) is 72.8 Å². The SMILES string of the molecule is N#C/C(=C\c1ccc(OCc2ccc([N+](=O)[O-])cc2)cc1)C(=O)Nc1ccc(OCc2ccc(Cl)cc2)cc1. The van der Waals surface area contributed by atoms with Crippen LogP contribution in [0.3, 0.4) is 0 Å². The first-order valence-electron chi connectivity index (χ1n) is 11.8. The molecule has 0 bridgehead atoms. The van der Waals surface area contributed by atoms with Crippen LogP contribution >= 0.6 is 11.6 Å². The van der Waals surface area contributed by atoms with E-state index in [1.807, 2.05) is 18.2 Å². The normalized spacial score (nSPS) is 10.8. The lowest BCUT2D eigenvalue weighted by Crippen LogP contribution is -2.13. The number of carbonyl (C=O) groups excluding carboxylic acids is 1. The average Bonchev–Trinajstić information content (AvgIpc) is 2.96. The minimum absolute atomic E-state index is 0.0171. The second kappa shape index (κ2) is 12.9. The third-order valence-electron chi connectivity index (χ3n) is 5.54. The van der Waals surface area contributed by atoms with Gasteiger partial charge in [-0.3, -0.25) is 14.9 Å². The minimum Gasteiger partial charge on any atom is -0.489 e. The zero-order chi connectivity index (χ0) is 27.6. The summed E-state index contributed by atoms with van der Waals surface area (Å²) >= 11 is 5.89. The van der Waals surface area contributed by atoms with Gasteiger partial charge in [0.15, 0.2) is 0 Å². The van der Waals surface area contributed by atoms with Gasteiger partial charge in [0.2, 0.25) is 0 Å². The van der Waals surface area contributed by atoms with Crippen LogP contribution < -0.4 is 14.8 Å². The predicted molar refractivity (Wildman–Crippen MR) is 148 cm³/mol. The van der Waals surface area contributed by atoms with Crippen molar-refractivity contribution in [2.75, 3.05) is 5.32 Å². The lowest BCUT2D eigenvalue weighted by molar-refractivity contribution is -0.384. The highest BCUT2D eigenvalue weighted by Crippen LogP contribution is 2.20. The number of nitro groups is 1. The van der Waals surface area contributed by atoms with E-state index < -0.39 is 10.8 Å². The molecule has 0 radical (unpaired) electrons. The highest BCUT2D eigenvalue weighted by Gasteiger charge is 2.10. The summed E-state index contributed by atoms with van der Waals surface area (Å²) in [4.78, 5) is 23.0. The van der Waals surface area contributed by atoms with Crippen molar-refractivity contribution in [3.63, 3.8) is 0 Å². The van der Waals surface area contributed by atoms with Gasteiger partial charge in [-0.25, -0.2) is 0 Å². The van der Waals surface area contributed by atoms with E-state index in [1.165, 1.54) is 18.2 Å². The van der Waals surface area contributed by atoms with E-state index in [9.17, 15) is 20.2 Å². The first kappa shape index (κ1) is 26.9. The lowest BCUT2D eigenvalue weighted by Gasteiger charge is -2.09. The molecule has 4 rings (SSSR count). The Hall–Kier alpha value is -5.13. The number of benzene rings is 4. The number of hydrogen-bond acceptors (Lipinski definition) is 6. The molecule has 0 aromatic heterocycles. The standard InChI is InChI=1S/C30H22ClN3O5/c31-25-7-1-22(2-8-25)19-39-29-15-9-26(10-16-29)33-30(35)24(18-32)17-21-5-13-28(14-6-21)38-20-23-3-11-27(12-4-23)34(36)37/h1-17H,19-20H2,(H,33,35)/b24-17+. The fourth-order valence-corrected chi connectivity index (χ4v) is 3.56. The maximum atomic E-state index is 12.7. The third-order valence-corrected chi connectivity index (χ3v) is 5.79. The number of nitrogens with one attached hydrogen (secondary N) is 1. The molecule has 1 amide bonds. The second-order valence-electron chi connectivity index (χ2n) is 8.34. The molecule has 0 heterocycles. The van der Waals surface area contributed by atoms with Crippen LogP contribution in [0.25, 0.3) is 6.08 Å². The van der Waals surface area contributed by atoms with Gasteiger partial charge in [-0.15, -0.1) is 0 Å². The number of halogens is 1. The maximum Gasteiger partial charge on any atom is 0.269 e. The van der Waals surface area contributed by atoms with E-state index in [4.69, 9.17) is 21.1 Å². The molecule has 0 aliphatic heterocycles. The molecule has 0 fully saturated rings. The van der Waals surface area contributed by atoms with Crippen molar-refractivity contribution in [2.24, 2.45) is 0 Å². The van der Waals surface area contributed by atoms with E-state index in [-0.39, 0.29) is 17.9 Å². The number of nitriles is 1. The van der Waals surface area contributed by atoms with Gasteiger partial charge in [-0.2, -0.15) is 5.26 Å². The Morgan fingerprint density at radius 1 is 0.846 bits per heavy atom.